The molecule has 0 saturated carbocycles. The number of nitriles is 1. The Morgan fingerprint density at radius 3 is 2.55 bits per heavy atom. The van der Waals surface area contributed by atoms with Crippen LogP contribution in [0.2, 0.25) is 0 Å². The van der Waals surface area contributed by atoms with Gasteiger partial charge in [0.2, 0.25) is 0 Å². The van der Waals surface area contributed by atoms with Gasteiger partial charge in [0.1, 0.15) is 11.6 Å². The Bertz CT molecular complexity index is 958. The summed E-state index contributed by atoms with van der Waals surface area (Å²) in [5, 5.41) is 15.0. The predicted octanol–water partition coefficient (Wildman–Crippen LogP) is 4.72. The molecule has 0 unspecified atom stereocenters. The lowest BCUT2D eigenvalue weighted by Gasteiger charge is -2.11. The first-order valence-corrected chi connectivity index (χ1v) is 9.48. The molecule has 0 aliphatic heterocycles. The van der Waals surface area contributed by atoms with E-state index in [1.165, 1.54) is 6.20 Å². The van der Waals surface area contributed by atoms with Gasteiger partial charge in [-0.1, -0.05) is 37.6 Å². The molecule has 0 saturated heterocycles. The number of ether oxygens (including phenoxy) is 1. The summed E-state index contributed by atoms with van der Waals surface area (Å²) in [5.41, 5.74) is 3.31. The summed E-state index contributed by atoms with van der Waals surface area (Å²) in [6, 6.07) is 14.3. The molecule has 0 radical (unpaired) electrons. The number of benzene rings is 2. The number of esters is 1. The molecule has 29 heavy (non-hydrogen) atoms. The maximum atomic E-state index is 12.5. The van der Waals surface area contributed by atoms with Gasteiger partial charge in [0.15, 0.2) is 0 Å². The maximum Gasteiger partial charge on any atom is 0.340 e. The minimum atomic E-state index is -0.531. The third kappa shape index (κ3) is 5.94. The molecule has 2 rings (SSSR count). The van der Waals surface area contributed by atoms with Crippen LogP contribution in [0.25, 0.3) is 0 Å². The van der Waals surface area contributed by atoms with Gasteiger partial charge in [0.25, 0.3) is 5.91 Å². The van der Waals surface area contributed by atoms with Gasteiger partial charge >= 0.3 is 5.97 Å². The van der Waals surface area contributed by atoms with E-state index in [0.717, 1.165) is 24.0 Å². The monoisotopic (exact) mass is 391 g/mol. The number of unbranched alkanes of at least 4 members (excludes halogenated alkanes) is 1. The Hall–Kier alpha value is -3.59. The number of rotatable bonds is 8. The number of aryl methyl sites for hydroxylation is 1. The first-order valence-electron chi connectivity index (χ1n) is 9.48. The van der Waals surface area contributed by atoms with Gasteiger partial charge in [-0.15, -0.1) is 0 Å². The van der Waals surface area contributed by atoms with Gasteiger partial charge in [-0.3, -0.25) is 4.79 Å². The van der Waals surface area contributed by atoms with Crippen LogP contribution in [0, 0.1) is 25.2 Å². The third-order valence-corrected chi connectivity index (χ3v) is 4.47. The number of amides is 1. The minimum Gasteiger partial charge on any atom is -0.462 e. The number of nitrogens with one attached hydrogen (secondary N) is 2. The molecule has 2 N–H and O–H groups in total. The summed E-state index contributed by atoms with van der Waals surface area (Å²) in [6.07, 6.45) is 3.01. The van der Waals surface area contributed by atoms with Crippen molar-refractivity contribution in [3.8, 4) is 6.07 Å². The number of hydrogen-bond donors (Lipinski definition) is 2. The Morgan fingerprint density at radius 1 is 1.10 bits per heavy atom. The molecular formula is C23H25N3O3. The molecule has 0 aliphatic rings. The van der Waals surface area contributed by atoms with Crippen LogP contribution in [0.15, 0.2) is 54.2 Å². The SMILES string of the molecule is CCCCOC(=O)c1ccccc1N/C=C(/C#N)C(=O)Nc1cccc(C)c1C. The fourth-order valence-electron chi connectivity index (χ4n) is 2.55. The molecule has 2 aromatic carbocycles. The first-order chi connectivity index (χ1) is 14.0. The van der Waals surface area contributed by atoms with Crippen LogP contribution in [0.3, 0.4) is 0 Å². The lowest BCUT2D eigenvalue weighted by molar-refractivity contribution is -0.112. The van der Waals surface area contributed by atoms with E-state index in [9.17, 15) is 14.9 Å². The van der Waals surface area contributed by atoms with Crippen molar-refractivity contribution in [2.24, 2.45) is 0 Å². The number of carbonyl (C=O) groups is 2. The van der Waals surface area contributed by atoms with Crippen LogP contribution in [0.1, 0.15) is 41.3 Å². The van der Waals surface area contributed by atoms with Crippen LogP contribution in [-0.2, 0) is 9.53 Å². The van der Waals surface area contributed by atoms with Crippen molar-refractivity contribution in [2.45, 2.75) is 33.6 Å². The second-order valence-corrected chi connectivity index (χ2v) is 6.55. The summed E-state index contributed by atoms with van der Waals surface area (Å²) in [7, 11) is 0. The second kappa shape index (κ2) is 10.7. The first kappa shape index (κ1) is 21.7. The van der Waals surface area contributed by atoms with Crippen molar-refractivity contribution in [2.75, 3.05) is 17.2 Å². The van der Waals surface area contributed by atoms with E-state index in [1.54, 1.807) is 30.3 Å². The smallest absolute Gasteiger partial charge is 0.340 e. The molecule has 0 atom stereocenters. The zero-order valence-corrected chi connectivity index (χ0v) is 16.9. The van der Waals surface area contributed by atoms with Crippen LogP contribution < -0.4 is 10.6 Å². The predicted molar refractivity (Wildman–Crippen MR) is 113 cm³/mol. The summed E-state index contributed by atoms with van der Waals surface area (Å²) in [6.45, 7) is 6.21. The Labute approximate surface area is 171 Å². The van der Waals surface area contributed by atoms with Gasteiger partial charge in [0, 0.05) is 11.9 Å². The molecule has 2 aromatic rings. The molecule has 0 bridgehead atoms. The molecule has 0 aromatic heterocycles. The minimum absolute atomic E-state index is 0.111. The Morgan fingerprint density at radius 2 is 1.83 bits per heavy atom. The summed E-state index contributed by atoms with van der Waals surface area (Å²) in [5.74, 6) is -0.981. The second-order valence-electron chi connectivity index (χ2n) is 6.55. The molecule has 0 aliphatic carbocycles. The lowest BCUT2D eigenvalue weighted by Crippen LogP contribution is -2.16. The summed E-state index contributed by atoms with van der Waals surface area (Å²) in [4.78, 5) is 24.8. The van der Waals surface area contributed by atoms with E-state index < -0.39 is 11.9 Å². The normalized spacial score (nSPS) is 10.8. The van der Waals surface area contributed by atoms with E-state index in [0.29, 0.717) is 23.5 Å². The molecule has 0 heterocycles. The largest absolute Gasteiger partial charge is 0.462 e. The van der Waals surface area contributed by atoms with E-state index in [4.69, 9.17) is 4.74 Å². The topological polar surface area (TPSA) is 91.2 Å². The fraction of sp³-hybridized carbons (Fsp3) is 0.261. The number of nitrogens with zero attached hydrogens (tertiary/aromatic N) is 1. The van der Waals surface area contributed by atoms with Gasteiger partial charge in [0.05, 0.1) is 17.9 Å². The van der Waals surface area contributed by atoms with Crippen LogP contribution >= 0.6 is 0 Å². The average Bonchev–Trinajstić information content (AvgIpc) is 2.72. The lowest BCUT2D eigenvalue weighted by atomic mass is 10.1. The average molecular weight is 391 g/mol. The van der Waals surface area contributed by atoms with Crippen LogP contribution in [-0.4, -0.2) is 18.5 Å². The number of hydrogen-bond acceptors (Lipinski definition) is 5. The quantitative estimate of drug-likeness (QED) is 0.294. The van der Waals surface area contributed by atoms with Crippen LogP contribution in [0.5, 0.6) is 0 Å². The number of anilines is 2. The van der Waals surface area contributed by atoms with Gasteiger partial charge in [-0.25, -0.2) is 4.79 Å². The zero-order chi connectivity index (χ0) is 21.2. The highest BCUT2D eigenvalue weighted by atomic mass is 16.5. The third-order valence-electron chi connectivity index (χ3n) is 4.47. The molecule has 1 amide bonds. The Balaban J connectivity index is 2.15. The fourth-order valence-corrected chi connectivity index (χ4v) is 2.55. The molecule has 150 valence electrons. The van der Waals surface area contributed by atoms with Crippen molar-refractivity contribution in [3.63, 3.8) is 0 Å². The van der Waals surface area contributed by atoms with Crippen molar-refractivity contribution in [1.29, 1.82) is 5.26 Å². The molecule has 0 fully saturated rings. The van der Waals surface area contributed by atoms with Gasteiger partial charge in [-0.05, 0) is 49.6 Å². The van der Waals surface area contributed by atoms with E-state index in [-0.39, 0.29) is 5.57 Å². The Kier molecular flexibility index (Phi) is 7.99. The highest BCUT2D eigenvalue weighted by Gasteiger charge is 2.14. The molecule has 0 spiro atoms. The van der Waals surface area contributed by atoms with E-state index in [1.807, 2.05) is 39.0 Å². The molecule has 6 nitrogen and oxygen atoms in total. The summed E-state index contributed by atoms with van der Waals surface area (Å²) < 4.78 is 5.25. The van der Waals surface area contributed by atoms with E-state index in [2.05, 4.69) is 10.6 Å². The van der Waals surface area contributed by atoms with Crippen molar-refractivity contribution in [3.05, 3.63) is 70.9 Å². The number of carbonyl (C=O) groups excluding carboxylic acids is 2. The van der Waals surface area contributed by atoms with Crippen LogP contribution in [0.4, 0.5) is 11.4 Å². The van der Waals surface area contributed by atoms with Gasteiger partial charge < -0.3 is 15.4 Å². The van der Waals surface area contributed by atoms with Gasteiger partial charge in [-0.2, -0.15) is 5.26 Å². The maximum absolute atomic E-state index is 12.5. The highest BCUT2D eigenvalue weighted by molar-refractivity contribution is 6.07. The highest BCUT2D eigenvalue weighted by Crippen LogP contribution is 2.20. The summed E-state index contributed by atoms with van der Waals surface area (Å²) >= 11 is 0. The molecular weight excluding hydrogens is 366 g/mol. The van der Waals surface area contributed by atoms with Crippen molar-refractivity contribution >= 4 is 23.3 Å². The number of para-hydroxylation sites is 1. The standard InChI is InChI=1S/C23H25N3O3/c1-4-5-13-29-23(28)19-10-6-7-11-21(19)25-15-18(14-24)22(27)26-20-12-8-9-16(2)17(20)3/h6-12,15,25H,4-5,13H2,1-3H3,(H,26,27)/b18-15-. The molecule has 6 heteroatoms. The van der Waals surface area contributed by atoms with Crippen molar-refractivity contribution < 1.29 is 14.3 Å². The van der Waals surface area contributed by atoms with E-state index >= 15 is 0 Å². The van der Waals surface area contributed by atoms with Crippen molar-refractivity contribution in [1.82, 2.24) is 0 Å². The zero-order valence-electron chi connectivity index (χ0n) is 16.9.